The Hall–Kier alpha value is -1.30. The van der Waals surface area contributed by atoms with Crippen molar-refractivity contribution in [3.05, 3.63) is 22.8 Å². The van der Waals surface area contributed by atoms with Crippen molar-refractivity contribution in [2.24, 2.45) is 5.92 Å². The second-order valence-electron chi connectivity index (χ2n) is 7.35. The summed E-state index contributed by atoms with van der Waals surface area (Å²) in [5, 5.41) is 0. The highest BCUT2D eigenvalue weighted by atomic mass is 79.9. The van der Waals surface area contributed by atoms with E-state index >= 15 is 0 Å². The Morgan fingerprint density at radius 3 is 2.74 bits per heavy atom. The molecule has 3 unspecified atom stereocenters. The highest BCUT2D eigenvalue weighted by molar-refractivity contribution is 9.10. The molecule has 2 aliphatic heterocycles. The molecule has 2 bridgehead atoms. The zero-order valence-electron chi connectivity index (χ0n) is 13.8. The SMILES string of the molecule is CC(C)(C)OC(=O)N1CC2CCC1C(Oc1ccc(Br)cn1)C2. The number of aromatic nitrogens is 1. The minimum atomic E-state index is -0.475. The third kappa shape index (κ3) is 3.97. The summed E-state index contributed by atoms with van der Waals surface area (Å²) in [6.45, 7) is 6.46. The molecule has 5 nitrogen and oxygen atoms in total. The van der Waals surface area contributed by atoms with Gasteiger partial charge in [0.15, 0.2) is 0 Å². The van der Waals surface area contributed by atoms with E-state index in [0.29, 0.717) is 11.8 Å². The van der Waals surface area contributed by atoms with Gasteiger partial charge in [0, 0.05) is 23.3 Å². The Morgan fingerprint density at radius 2 is 2.13 bits per heavy atom. The largest absolute Gasteiger partial charge is 0.472 e. The van der Waals surface area contributed by atoms with Gasteiger partial charge < -0.3 is 14.4 Å². The first-order valence-corrected chi connectivity index (χ1v) is 8.89. The Bertz CT molecular complexity index is 570. The van der Waals surface area contributed by atoms with E-state index in [1.165, 1.54) is 0 Å². The zero-order valence-corrected chi connectivity index (χ0v) is 15.4. The van der Waals surface area contributed by atoms with Crippen molar-refractivity contribution in [2.75, 3.05) is 6.54 Å². The van der Waals surface area contributed by atoms with E-state index < -0.39 is 5.60 Å². The molecule has 0 spiro atoms. The standard InChI is InChI=1S/C17H23BrN2O3/c1-17(2,3)23-16(21)20-10-11-4-6-13(20)14(8-11)22-15-7-5-12(18)9-19-15/h5,7,9,11,13-14H,4,6,8,10H2,1-3H3. The summed E-state index contributed by atoms with van der Waals surface area (Å²) in [4.78, 5) is 18.6. The van der Waals surface area contributed by atoms with Crippen LogP contribution in [0, 0.1) is 5.92 Å². The van der Waals surface area contributed by atoms with Crippen LogP contribution >= 0.6 is 15.9 Å². The van der Waals surface area contributed by atoms with Gasteiger partial charge in [0.2, 0.25) is 5.88 Å². The van der Waals surface area contributed by atoms with Crippen molar-refractivity contribution in [3.63, 3.8) is 0 Å². The fraction of sp³-hybridized carbons (Fsp3) is 0.647. The minimum absolute atomic E-state index is 0.0105. The second-order valence-corrected chi connectivity index (χ2v) is 8.27. The number of nitrogens with zero attached hydrogens (tertiary/aromatic N) is 2. The topological polar surface area (TPSA) is 51.7 Å². The molecule has 3 heterocycles. The molecule has 6 heteroatoms. The zero-order chi connectivity index (χ0) is 16.6. The van der Waals surface area contributed by atoms with Crippen molar-refractivity contribution < 1.29 is 14.3 Å². The number of carbonyl (C=O) groups is 1. The number of carbonyl (C=O) groups excluding carboxylic acids is 1. The van der Waals surface area contributed by atoms with Gasteiger partial charge in [-0.25, -0.2) is 9.78 Å². The average molecular weight is 383 g/mol. The lowest BCUT2D eigenvalue weighted by molar-refractivity contribution is -0.0561. The van der Waals surface area contributed by atoms with E-state index in [-0.39, 0.29) is 18.2 Å². The molecule has 1 aromatic heterocycles. The number of fused-ring (bicyclic) bond motifs is 3. The summed E-state index contributed by atoms with van der Waals surface area (Å²) in [5.74, 6) is 1.09. The molecule has 2 saturated heterocycles. The van der Waals surface area contributed by atoms with Crippen LogP contribution in [-0.2, 0) is 4.74 Å². The molecular formula is C17H23BrN2O3. The van der Waals surface area contributed by atoms with Crippen LogP contribution in [0.5, 0.6) is 5.88 Å². The Morgan fingerprint density at radius 1 is 1.35 bits per heavy atom. The Kier molecular flexibility index (Phi) is 4.54. The first kappa shape index (κ1) is 16.6. The number of halogens is 1. The molecule has 3 fully saturated rings. The van der Waals surface area contributed by atoms with Gasteiger partial charge in [-0.05, 0) is 67.9 Å². The maximum Gasteiger partial charge on any atom is 0.410 e. The fourth-order valence-electron chi connectivity index (χ4n) is 3.38. The molecule has 23 heavy (non-hydrogen) atoms. The number of ether oxygens (including phenoxy) is 2. The van der Waals surface area contributed by atoms with Gasteiger partial charge >= 0.3 is 6.09 Å². The molecule has 4 rings (SSSR count). The monoisotopic (exact) mass is 382 g/mol. The predicted molar refractivity (Wildman–Crippen MR) is 90.4 cm³/mol. The number of hydrogen-bond donors (Lipinski definition) is 0. The van der Waals surface area contributed by atoms with Gasteiger partial charge in [-0.15, -0.1) is 0 Å². The first-order chi connectivity index (χ1) is 10.8. The van der Waals surface area contributed by atoms with Crippen molar-refractivity contribution in [1.29, 1.82) is 0 Å². The summed E-state index contributed by atoms with van der Waals surface area (Å²) >= 11 is 3.37. The third-order valence-electron chi connectivity index (χ3n) is 4.32. The second kappa shape index (κ2) is 6.30. The van der Waals surface area contributed by atoms with E-state index in [4.69, 9.17) is 9.47 Å². The van der Waals surface area contributed by atoms with Crippen LogP contribution in [0.2, 0.25) is 0 Å². The quantitative estimate of drug-likeness (QED) is 0.775. The van der Waals surface area contributed by atoms with Gasteiger partial charge in [0.05, 0.1) is 6.04 Å². The lowest BCUT2D eigenvalue weighted by atomic mass is 9.78. The van der Waals surface area contributed by atoms with Crippen LogP contribution in [-0.4, -0.2) is 40.3 Å². The van der Waals surface area contributed by atoms with Crippen LogP contribution < -0.4 is 4.74 Å². The number of hydrogen-bond acceptors (Lipinski definition) is 4. The molecule has 0 N–H and O–H groups in total. The van der Waals surface area contributed by atoms with Crippen LogP contribution in [0.1, 0.15) is 40.0 Å². The van der Waals surface area contributed by atoms with Gasteiger partial charge in [-0.2, -0.15) is 0 Å². The number of amides is 1. The Balaban J connectivity index is 1.70. The molecule has 1 aromatic rings. The van der Waals surface area contributed by atoms with Crippen LogP contribution in [0.4, 0.5) is 4.79 Å². The molecule has 3 atom stereocenters. The first-order valence-electron chi connectivity index (χ1n) is 8.09. The molecule has 1 saturated carbocycles. The predicted octanol–water partition coefficient (Wildman–Crippen LogP) is 4.01. The van der Waals surface area contributed by atoms with Crippen LogP contribution in [0.3, 0.4) is 0 Å². The fourth-order valence-corrected chi connectivity index (χ4v) is 3.61. The molecule has 0 radical (unpaired) electrons. The highest BCUT2D eigenvalue weighted by Gasteiger charge is 2.45. The highest BCUT2D eigenvalue weighted by Crippen LogP contribution is 2.37. The van der Waals surface area contributed by atoms with Gasteiger partial charge in [-0.1, -0.05) is 0 Å². The van der Waals surface area contributed by atoms with Crippen LogP contribution in [0.15, 0.2) is 22.8 Å². The maximum atomic E-state index is 12.5. The smallest absolute Gasteiger partial charge is 0.410 e. The van der Waals surface area contributed by atoms with E-state index in [2.05, 4.69) is 20.9 Å². The molecule has 3 aliphatic rings. The van der Waals surface area contributed by atoms with Crippen molar-refractivity contribution in [3.8, 4) is 5.88 Å². The summed E-state index contributed by atoms with van der Waals surface area (Å²) < 4.78 is 12.5. The number of pyridine rings is 1. The lowest BCUT2D eigenvalue weighted by Gasteiger charge is -2.49. The maximum absolute atomic E-state index is 12.5. The third-order valence-corrected chi connectivity index (χ3v) is 4.79. The van der Waals surface area contributed by atoms with E-state index in [9.17, 15) is 4.79 Å². The van der Waals surface area contributed by atoms with Gasteiger partial charge in [-0.3, -0.25) is 0 Å². The van der Waals surface area contributed by atoms with Crippen LogP contribution in [0.25, 0.3) is 0 Å². The normalized spacial score (nSPS) is 27.0. The van der Waals surface area contributed by atoms with Gasteiger partial charge in [0.1, 0.15) is 11.7 Å². The summed E-state index contributed by atoms with van der Waals surface area (Å²) in [7, 11) is 0. The van der Waals surface area contributed by atoms with Crippen molar-refractivity contribution in [1.82, 2.24) is 9.88 Å². The van der Waals surface area contributed by atoms with E-state index in [1.807, 2.05) is 37.8 Å². The van der Waals surface area contributed by atoms with Crippen molar-refractivity contribution >= 4 is 22.0 Å². The summed E-state index contributed by atoms with van der Waals surface area (Å²) in [5.41, 5.74) is -0.475. The summed E-state index contributed by atoms with van der Waals surface area (Å²) in [6, 6.07) is 3.83. The molecule has 1 amide bonds. The van der Waals surface area contributed by atoms with E-state index in [1.54, 1.807) is 6.20 Å². The molecule has 0 aromatic carbocycles. The average Bonchev–Trinajstić information content (AvgIpc) is 2.48. The minimum Gasteiger partial charge on any atom is -0.472 e. The number of piperidine rings is 2. The molecule has 126 valence electrons. The van der Waals surface area contributed by atoms with E-state index in [0.717, 1.165) is 30.3 Å². The van der Waals surface area contributed by atoms with Crippen molar-refractivity contribution in [2.45, 2.75) is 57.8 Å². The molecular weight excluding hydrogens is 360 g/mol. The summed E-state index contributed by atoms with van der Waals surface area (Å²) in [6.07, 6.45) is 4.57. The molecule has 1 aliphatic carbocycles. The Labute approximate surface area is 145 Å². The lowest BCUT2D eigenvalue weighted by Crippen LogP contribution is -2.60. The number of rotatable bonds is 2. The van der Waals surface area contributed by atoms with Gasteiger partial charge in [0.25, 0.3) is 0 Å².